The molecule has 0 aliphatic carbocycles. The molecule has 0 spiro atoms. The molecule has 176 valence electrons. The first-order valence-corrected chi connectivity index (χ1v) is 12.6. The number of imidazole rings is 1. The maximum absolute atomic E-state index is 13.6. The third kappa shape index (κ3) is 6.48. The monoisotopic (exact) mass is 524 g/mol. The van der Waals surface area contributed by atoms with E-state index in [0.717, 1.165) is 6.42 Å². The Hall–Kier alpha value is -1.53. The number of alkyl halides is 1. The Morgan fingerprint density at radius 1 is 1.39 bits per heavy atom. The Morgan fingerprint density at radius 2 is 2.03 bits per heavy atom. The van der Waals surface area contributed by atoms with E-state index >= 15 is 0 Å². The quantitative estimate of drug-likeness (QED) is 0.200. The molecule has 1 unspecified atom stereocenters. The summed E-state index contributed by atoms with van der Waals surface area (Å²) in [4.78, 5) is 26.2. The summed E-state index contributed by atoms with van der Waals surface area (Å²) in [6, 6.07) is 0. The molecule has 0 saturated carbocycles. The van der Waals surface area contributed by atoms with Crippen molar-refractivity contribution in [2.45, 2.75) is 39.3 Å². The number of alkyl carbamates (subject to hydrolysis) is 1. The number of halogens is 1. The molecule has 2 rings (SSSR count). The van der Waals surface area contributed by atoms with Crippen molar-refractivity contribution in [3.8, 4) is 0 Å². The summed E-state index contributed by atoms with van der Waals surface area (Å²) >= 11 is 3.39. The third-order valence-corrected chi connectivity index (χ3v) is 7.81. The molecule has 1 saturated heterocycles. The summed E-state index contributed by atoms with van der Waals surface area (Å²) < 4.78 is 29.7. The number of hydrogen-bond donors (Lipinski definition) is 1. The number of hydrogen-bond acceptors (Lipinski definition) is 7. The van der Waals surface area contributed by atoms with Gasteiger partial charge in [0.05, 0.1) is 19.2 Å². The third-order valence-electron chi connectivity index (χ3n) is 4.76. The number of carbonyl (C=O) groups is 1. The fraction of sp³-hybridized carbons (Fsp3) is 0.765. The lowest BCUT2D eigenvalue weighted by Crippen LogP contribution is -2.47. The fourth-order valence-corrected chi connectivity index (χ4v) is 6.50. The van der Waals surface area contributed by atoms with Gasteiger partial charge in [0.25, 0.3) is 0 Å². The number of aromatic nitrogens is 2. The lowest BCUT2D eigenvalue weighted by molar-refractivity contribution is -0.396. The summed E-state index contributed by atoms with van der Waals surface area (Å²) in [6.45, 7) is 7.95. The highest BCUT2D eigenvalue weighted by molar-refractivity contribution is 9.09. The van der Waals surface area contributed by atoms with Crippen LogP contribution in [0.5, 0.6) is 0 Å². The molecular weight excluding hydrogens is 495 g/mol. The molecule has 1 fully saturated rings. The molecule has 0 bridgehead atoms. The van der Waals surface area contributed by atoms with Gasteiger partial charge in [0.2, 0.25) is 0 Å². The van der Waals surface area contributed by atoms with Crippen LogP contribution in [0.15, 0.2) is 6.20 Å². The minimum absolute atomic E-state index is 0.0234. The molecular formula is C17H30BrN6O6P. The van der Waals surface area contributed by atoms with Gasteiger partial charge in [-0.2, -0.15) is 0 Å². The molecule has 14 heteroatoms. The van der Waals surface area contributed by atoms with Crippen LogP contribution in [0.25, 0.3) is 0 Å². The van der Waals surface area contributed by atoms with Crippen LogP contribution in [0.4, 0.5) is 10.7 Å². The van der Waals surface area contributed by atoms with E-state index in [0.29, 0.717) is 37.2 Å². The number of rotatable bonds is 11. The fourth-order valence-electron chi connectivity index (χ4n) is 3.13. The highest BCUT2D eigenvalue weighted by Crippen LogP contribution is 2.58. The van der Waals surface area contributed by atoms with Crippen molar-refractivity contribution in [2.24, 2.45) is 7.05 Å². The van der Waals surface area contributed by atoms with Gasteiger partial charge < -0.3 is 24.7 Å². The second-order valence-electron chi connectivity index (χ2n) is 7.81. The zero-order chi connectivity index (χ0) is 23.2. The Labute approximate surface area is 190 Å². The first-order chi connectivity index (χ1) is 14.5. The van der Waals surface area contributed by atoms with Crippen LogP contribution >= 0.6 is 23.6 Å². The first kappa shape index (κ1) is 25.7. The standard InChI is InChI=1S/C17H30BrN6O6P/c1-5-7-22-9-10-23(8-6-18)31(22,28)30-13-17(2,3)20-16(25)29-12-14-11-19-15(21(14)4)24(26)27/h11H,5-10,12-13H2,1-4H3,(H,20,25). The molecule has 1 aliphatic heterocycles. The van der Waals surface area contributed by atoms with E-state index in [2.05, 4.69) is 26.2 Å². The maximum atomic E-state index is 13.6. The SMILES string of the molecule is CCCN1CCN(CCBr)P1(=O)OCC(C)(C)NC(=O)OCc1cnc([N+](=O)[O-])n1C. The smallest absolute Gasteiger partial charge is 0.434 e. The number of nitrogens with zero attached hydrogens (tertiary/aromatic N) is 5. The minimum Gasteiger partial charge on any atom is -0.441 e. The topological polar surface area (TPSA) is 132 Å². The van der Waals surface area contributed by atoms with Crippen LogP contribution in [0.3, 0.4) is 0 Å². The molecule has 1 aliphatic rings. The Balaban J connectivity index is 1.93. The molecule has 1 aromatic rings. The van der Waals surface area contributed by atoms with E-state index in [1.165, 1.54) is 17.8 Å². The Bertz CT molecular complexity index is 816. The van der Waals surface area contributed by atoms with E-state index in [-0.39, 0.29) is 19.2 Å². The van der Waals surface area contributed by atoms with Gasteiger partial charge in [-0.25, -0.2) is 18.7 Å². The Kier molecular flexibility index (Phi) is 9.02. The minimum atomic E-state index is -3.17. The van der Waals surface area contributed by atoms with Crippen LogP contribution in [0, 0.1) is 10.1 Å². The summed E-state index contributed by atoms with van der Waals surface area (Å²) in [5.41, 5.74) is -0.472. The van der Waals surface area contributed by atoms with Crippen molar-refractivity contribution in [3.05, 3.63) is 22.0 Å². The average molecular weight is 525 g/mol. The summed E-state index contributed by atoms with van der Waals surface area (Å²) in [5.74, 6) is -0.335. The number of nitro groups is 1. The van der Waals surface area contributed by atoms with Crippen LogP contribution in [0.1, 0.15) is 32.9 Å². The van der Waals surface area contributed by atoms with Gasteiger partial charge in [-0.1, -0.05) is 27.8 Å². The normalized spacial score (nSPS) is 20.2. The van der Waals surface area contributed by atoms with E-state index in [9.17, 15) is 19.5 Å². The van der Waals surface area contributed by atoms with Crippen molar-refractivity contribution in [3.63, 3.8) is 0 Å². The summed E-state index contributed by atoms with van der Waals surface area (Å²) in [6.07, 6.45) is 1.42. The molecule has 1 aromatic heterocycles. The summed E-state index contributed by atoms with van der Waals surface area (Å²) in [5, 5.41) is 14.2. The molecule has 1 N–H and O–H groups in total. The van der Waals surface area contributed by atoms with Gasteiger partial charge in [0, 0.05) is 31.5 Å². The van der Waals surface area contributed by atoms with Crippen molar-refractivity contribution in [2.75, 3.05) is 38.1 Å². The van der Waals surface area contributed by atoms with Crippen LogP contribution in [-0.2, 0) is 27.5 Å². The highest BCUT2D eigenvalue weighted by atomic mass is 79.9. The van der Waals surface area contributed by atoms with Crippen LogP contribution in [-0.4, -0.2) is 73.6 Å². The van der Waals surface area contributed by atoms with Crippen molar-refractivity contribution < 1.29 is 23.5 Å². The predicted molar refractivity (Wildman–Crippen MR) is 118 cm³/mol. The number of amides is 1. The second kappa shape index (κ2) is 10.9. The maximum Gasteiger partial charge on any atom is 0.434 e. The number of ether oxygens (including phenoxy) is 1. The highest BCUT2D eigenvalue weighted by Gasteiger charge is 2.44. The van der Waals surface area contributed by atoms with Gasteiger partial charge in [-0.3, -0.25) is 4.57 Å². The lowest BCUT2D eigenvalue weighted by atomic mass is 10.1. The molecule has 31 heavy (non-hydrogen) atoms. The average Bonchev–Trinajstić information content (AvgIpc) is 3.20. The molecule has 1 amide bonds. The van der Waals surface area contributed by atoms with E-state index < -0.39 is 24.2 Å². The molecule has 2 heterocycles. The van der Waals surface area contributed by atoms with Crippen molar-refractivity contribution >= 4 is 35.6 Å². The largest absolute Gasteiger partial charge is 0.441 e. The molecule has 0 radical (unpaired) electrons. The van der Waals surface area contributed by atoms with Crippen LogP contribution in [0.2, 0.25) is 0 Å². The molecule has 12 nitrogen and oxygen atoms in total. The number of nitrogens with one attached hydrogen (secondary N) is 1. The molecule has 1 atom stereocenters. The zero-order valence-electron chi connectivity index (χ0n) is 18.2. The Morgan fingerprint density at radius 3 is 2.58 bits per heavy atom. The van der Waals surface area contributed by atoms with Gasteiger partial charge in [0.15, 0.2) is 12.3 Å². The molecule has 0 aromatic carbocycles. The number of carbonyl (C=O) groups excluding carboxylic acids is 1. The second-order valence-corrected chi connectivity index (χ2v) is 11.0. The van der Waals surface area contributed by atoms with Crippen LogP contribution < -0.4 is 5.32 Å². The van der Waals surface area contributed by atoms with Gasteiger partial charge >= 0.3 is 19.7 Å². The lowest BCUT2D eigenvalue weighted by Gasteiger charge is -2.33. The van der Waals surface area contributed by atoms with Crippen molar-refractivity contribution in [1.82, 2.24) is 24.2 Å². The van der Waals surface area contributed by atoms with E-state index in [4.69, 9.17) is 9.26 Å². The van der Waals surface area contributed by atoms with E-state index in [1.54, 1.807) is 13.8 Å². The van der Waals surface area contributed by atoms with Gasteiger partial charge in [0.1, 0.15) is 6.20 Å². The summed E-state index contributed by atoms with van der Waals surface area (Å²) in [7, 11) is -1.70. The van der Waals surface area contributed by atoms with Gasteiger partial charge in [-0.05, 0) is 25.2 Å². The van der Waals surface area contributed by atoms with Gasteiger partial charge in [-0.15, -0.1) is 0 Å². The van der Waals surface area contributed by atoms with E-state index in [1.807, 2.05) is 16.3 Å². The first-order valence-electron chi connectivity index (χ1n) is 9.95. The zero-order valence-corrected chi connectivity index (χ0v) is 20.7. The predicted octanol–water partition coefficient (Wildman–Crippen LogP) is 2.88. The van der Waals surface area contributed by atoms with Crippen molar-refractivity contribution in [1.29, 1.82) is 0 Å².